The molecular formula is C24H20N4O3. The highest BCUT2D eigenvalue weighted by Crippen LogP contribution is 2.49. The first-order chi connectivity index (χ1) is 15.3. The highest BCUT2D eigenvalue weighted by atomic mass is 16.5. The first kappa shape index (κ1) is 17.8. The SMILES string of the molecule is COc1ccccc1-c1c2c(C3CC3)n[nH]c2c(O)n1-c1ccc(-c2ccon2)cc1. The Morgan fingerprint density at radius 2 is 1.90 bits per heavy atom. The Morgan fingerprint density at radius 3 is 2.61 bits per heavy atom. The summed E-state index contributed by atoms with van der Waals surface area (Å²) in [6, 6.07) is 17.5. The fourth-order valence-corrected chi connectivity index (χ4v) is 4.23. The summed E-state index contributed by atoms with van der Waals surface area (Å²) in [7, 11) is 1.66. The van der Waals surface area contributed by atoms with E-state index in [9.17, 15) is 5.11 Å². The number of aromatic hydroxyl groups is 1. The van der Waals surface area contributed by atoms with Gasteiger partial charge in [-0.25, -0.2) is 0 Å². The zero-order valence-corrected chi connectivity index (χ0v) is 16.9. The number of hydrogen-bond donors (Lipinski definition) is 2. The Labute approximate surface area is 177 Å². The van der Waals surface area contributed by atoms with Crippen molar-refractivity contribution in [3.63, 3.8) is 0 Å². The third-order valence-electron chi connectivity index (χ3n) is 5.88. The van der Waals surface area contributed by atoms with Crippen LogP contribution in [-0.4, -0.2) is 32.1 Å². The van der Waals surface area contributed by atoms with Crippen LogP contribution in [0, 0.1) is 0 Å². The lowest BCUT2D eigenvalue weighted by Gasteiger charge is -2.14. The first-order valence-corrected chi connectivity index (χ1v) is 10.2. The summed E-state index contributed by atoms with van der Waals surface area (Å²) >= 11 is 0. The number of ether oxygens (including phenoxy) is 1. The third kappa shape index (κ3) is 2.73. The lowest BCUT2D eigenvalue weighted by Crippen LogP contribution is -1.99. The molecule has 0 bridgehead atoms. The van der Waals surface area contributed by atoms with E-state index in [2.05, 4.69) is 15.4 Å². The number of hydrogen-bond acceptors (Lipinski definition) is 5. The van der Waals surface area contributed by atoms with Crippen LogP contribution in [0.1, 0.15) is 24.5 Å². The summed E-state index contributed by atoms with van der Waals surface area (Å²) in [6.07, 6.45) is 3.78. The molecule has 154 valence electrons. The van der Waals surface area contributed by atoms with Crippen molar-refractivity contribution in [1.82, 2.24) is 19.9 Å². The lowest BCUT2D eigenvalue weighted by molar-refractivity contribution is 0.416. The van der Waals surface area contributed by atoms with Crippen molar-refractivity contribution in [3.05, 3.63) is 66.6 Å². The van der Waals surface area contributed by atoms with Crippen LogP contribution in [0.3, 0.4) is 0 Å². The molecule has 0 spiro atoms. The minimum absolute atomic E-state index is 0.129. The van der Waals surface area contributed by atoms with Gasteiger partial charge in [-0.2, -0.15) is 5.10 Å². The molecule has 1 aliphatic carbocycles. The maximum Gasteiger partial charge on any atom is 0.222 e. The molecule has 1 fully saturated rings. The molecule has 3 aromatic heterocycles. The molecule has 0 radical (unpaired) electrons. The Hall–Kier alpha value is -4.00. The topological polar surface area (TPSA) is 89.1 Å². The second-order valence-corrected chi connectivity index (χ2v) is 7.77. The molecule has 2 aromatic carbocycles. The molecule has 7 nitrogen and oxygen atoms in total. The number of methoxy groups -OCH3 is 1. The first-order valence-electron chi connectivity index (χ1n) is 10.2. The van der Waals surface area contributed by atoms with Gasteiger partial charge in [0.1, 0.15) is 23.2 Å². The number of benzene rings is 2. The van der Waals surface area contributed by atoms with E-state index in [1.165, 1.54) is 0 Å². The van der Waals surface area contributed by atoms with E-state index in [0.29, 0.717) is 11.4 Å². The second-order valence-electron chi connectivity index (χ2n) is 7.77. The van der Waals surface area contributed by atoms with Crippen molar-refractivity contribution in [2.45, 2.75) is 18.8 Å². The van der Waals surface area contributed by atoms with Gasteiger partial charge in [-0.3, -0.25) is 9.67 Å². The number of nitrogens with one attached hydrogen (secondary N) is 1. The van der Waals surface area contributed by atoms with Gasteiger partial charge in [0.15, 0.2) is 0 Å². The summed E-state index contributed by atoms with van der Waals surface area (Å²) in [5.74, 6) is 1.29. The number of nitrogens with zero attached hydrogens (tertiary/aromatic N) is 3. The van der Waals surface area contributed by atoms with E-state index in [-0.39, 0.29) is 5.88 Å². The predicted octanol–water partition coefficient (Wildman–Crippen LogP) is 5.27. The summed E-state index contributed by atoms with van der Waals surface area (Å²) in [4.78, 5) is 0. The fourth-order valence-electron chi connectivity index (χ4n) is 4.23. The van der Waals surface area contributed by atoms with Crippen LogP contribution in [0.2, 0.25) is 0 Å². The zero-order chi connectivity index (χ0) is 20.9. The Balaban J connectivity index is 1.61. The van der Waals surface area contributed by atoms with Crippen molar-refractivity contribution in [2.75, 3.05) is 7.11 Å². The van der Waals surface area contributed by atoms with Gasteiger partial charge in [-0.15, -0.1) is 0 Å². The van der Waals surface area contributed by atoms with Crippen LogP contribution >= 0.6 is 0 Å². The molecule has 3 heterocycles. The quantitative estimate of drug-likeness (QED) is 0.411. The summed E-state index contributed by atoms with van der Waals surface area (Å²) in [6.45, 7) is 0. The minimum Gasteiger partial charge on any atom is -0.496 e. The summed E-state index contributed by atoms with van der Waals surface area (Å²) in [5, 5.41) is 23.8. The average molecular weight is 412 g/mol. The van der Waals surface area contributed by atoms with Crippen molar-refractivity contribution >= 4 is 10.9 Å². The smallest absolute Gasteiger partial charge is 0.222 e. The predicted molar refractivity (Wildman–Crippen MR) is 117 cm³/mol. The van der Waals surface area contributed by atoms with Crippen molar-refractivity contribution < 1.29 is 14.4 Å². The maximum absolute atomic E-state index is 11.2. The van der Waals surface area contributed by atoms with E-state index in [1.54, 1.807) is 13.4 Å². The molecule has 5 aromatic rings. The molecule has 31 heavy (non-hydrogen) atoms. The molecule has 6 rings (SSSR count). The van der Waals surface area contributed by atoms with Crippen LogP contribution in [0.25, 0.3) is 39.1 Å². The molecule has 0 atom stereocenters. The summed E-state index contributed by atoms with van der Waals surface area (Å²) < 4.78 is 12.5. The number of aromatic nitrogens is 4. The van der Waals surface area contributed by atoms with E-state index in [4.69, 9.17) is 9.26 Å². The Kier molecular flexibility index (Phi) is 3.89. The molecule has 0 amide bonds. The van der Waals surface area contributed by atoms with Crippen LogP contribution in [0.4, 0.5) is 0 Å². The van der Waals surface area contributed by atoms with Gasteiger partial charge in [0.25, 0.3) is 0 Å². The molecule has 7 heteroatoms. The maximum atomic E-state index is 11.2. The van der Waals surface area contributed by atoms with Gasteiger partial charge in [0.2, 0.25) is 5.88 Å². The third-order valence-corrected chi connectivity index (χ3v) is 5.88. The van der Waals surface area contributed by atoms with E-state index in [0.717, 1.165) is 57.9 Å². The number of para-hydroxylation sites is 1. The van der Waals surface area contributed by atoms with Crippen LogP contribution in [0.15, 0.2) is 65.4 Å². The molecule has 0 unspecified atom stereocenters. The average Bonchev–Trinajstić information content (AvgIpc) is 3.23. The van der Waals surface area contributed by atoms with Crippen LogP contribution in [-0.2, 0) is 0 Å². The molecular weight excluding hydrogens is 392 g/mol. The number of H-pyrrole nitrogens is 1. The van der Waals surface area contributed by atoms with Gasteiger partial charge in [0.05, 0.1) is 23.9 Å². The minimum atomic E-state index is 0.129. The largest absolute Gasteiger partial charge is 0.496 e. The van der Waals surface area contributed by atoms with Crippen molar-refractivity contribution in [3.8, 4) is 39.8 Å². The number of rotatable bonds is 5. The van der Waals surface area contributed by atoms with Crippen molar-refractivity contribution in [2.24, 2.45) is 0 Å². The second kappa shape index (κ2) is 6.77. The molecule has 2 N–H and O–H groups in total. The Bertz CT molecular complexity index is 1380. The monoisotopic (exact) mass is 412 g/mol. The molecule has 0 saturated heterocycles. The van der Waals surface area contributed by atoms with Gasteiger partial charge in [-0.05, 0) is 37.1 Å². The van der Waals surface area contributed by atoms with Gasteiger partial charge < -0.3 is 14.4 Å². The van der Waals surface area contributed by atoms with Gasteiger partial charge in [-0.1, -0.05) is 29.4 Å². The standard InChI is InChI=1S/C24H20N4O3/c1-30-19-5-3-2-4-17(19)23-20-21(15-6-7-15)25-26-22(20)24(29)28(23)16-10-8-14(9-11-16)18-12-13-31-27-18/h2-5,8-13,15,26,29H,6-7H2,1H3. The van der Waals surface area contributed by atoms with E-state index in [1.807, 2.05) is 59.2 Å². The number of fused-ring (bicyclic) bond motifs is 1. The van der Waals surface area contributed by atoms with E-state index < -0.39 is 0 Å². The lowest BCUT2D eigenvalue weighted by atomic mass is 10.0. The van der Waals surface area contributed by atoms with Gasteiger partial charge in [0, 0.05) is 28.8 Å². The number of aromatic amines is 1. The normalized spacial score (nSPS) is 13.7. The molecule has 1 saturated carbocycles. The van der Waals surface area contributed by atoms with E-state index >= 15 is 0 Å². The zero-order valence-electron chi connectivity index (χ0n) is 16.9. The van der Waals surface area contributed by atoms with Crippen LogP contribution < -0.4 is 4.74 Å². The van der Waals surface area contributed by atoms with Crippen molar-refractivity contribution in [1.29, 1.82) is 0 Å². The molecule has 1 aliphatic rings. The fraction of sp³-hybridized carbons (Fsp3) is 0.167. The summed E-state index contributed by atoms with van der Waals surface area (Å²) in [5.41, 5.74) is 5.95. The molecule has 0 aliphatic heterocycles. The highest BCUT2D eigenvalue weighted by molar-refractivity contribution is 6.02. The Morgan fingerprint density at radius 1 is 1.10 bits per heavy atom. The van der Waals surface area contributed by atoms with Gasteiger partial charge >= 0.3 is 0 Å². The highest BCUT2D eigenvalue weighted by Gasteiger charge is 2.33. The van der Waals surface area contributed by atoms with Crippen LogP contribution in [0.5, 0.6) is 11.6 Å².